The zero-order valence-corrected chi connectivity index (χ0v) is 15.6. The minimum Gasteiger partial charge on any atom is -0.339 e. The van der Waals surface area contributed by atoms with E-state index in [1.807, 2.05) is 29.2 Å². The van der Waals surface area contributed by atoms with Crippen molar-refractivity contribution in [1.82, 2.24) is 10.2 Å². The Morgan fingerprint density at radius 2 is 1.62 bits per heavy atom. The molecule has 1 amide bonds. The summed E-state index contributed by atoms with van der Waals surface area (Å²) in [7, 11) is 0. The predicted molar refractivity (Wildman–Crippen MR) is 105 cm³/mol. The van der Waals surface area contributed by atoms with E-state index in [1.165, 1.54) is 29.5 Å². The van der Waals surface area contributed by atoms with Crippen LogP contribution in [0.2, 0.25) is 0 Å². The lowest BCUT2D eigenvalue weighted by Crippen LogP contribution is -2.49. The molecule has 1 aliphatic carbocycles. The molecule has 1 aliphatic heterocycles. The number of benzene rings is 2. The third kappa shape index (κ3) is 3.83. The fourth-order valence-corrected chi connectivity index (χ4v) is 4.30. The molecular formula is C23H28N2O. The predicted octanol–water partition coefficient (Wildman–Crippen LogP) is 3.75. The quantitative estimate of drug-likeness (QED) is 0.916. The molecule has 1 atom stereocenters. The van der Waals surface area contributed by atoms with Crippen LogP contribution in [0.4, 0.5) is 0 Å². The molecule has 2 aliphatic rings. The Kier molecular flexibility index (Phi) is 5.07. The Morgan fingerprint density at radius 3 is 2.35 bits per heavy atom. The van der Waals surface area contributed by atoms with Gasteiger partial charge in [-0.25, -0.2) is 0 Å². The molecule has 0 aromatic heterocycles. The summed E-state index contributed by atoms with van der Waals surface area (Å²) in [4.78, 5) is 14.7. The van der Waals surface area contributed by atoms with Gasteiger partial charge in [-0.1, -0.05) is 42.0 Å². The van der Waals surface area contributed by atoms with Crippen LogP contribution in [0.1, 0.15) is 46.3 Å². The highest BCUT2D eigenvalue weighted by Gasteiger charge is 2.26. The zero-order chi connectivity index (χ0) is 17.9. The van der Waals surface area contributed by atoms with Gasteiger partial charge in [0.15, 0.2) is 0 Å². The van der Waals surface area contributed by atoms with Crippen molar-refractivity contribution in [3.05, 3.63) is 70.8 Å². The lowest BCUT2D eigenvalue weighted by atomic mass is 9.87. The second-order valence-electron chi connectivity index (χ2n) is 7.81. The van der Waals surface area contributed by atoms with E-state index in [0.29, 0.717) is 12.1 Å². The number of nitrogens with one attached hydrogen (secondary N) is 1. The number of hydrogen-bond donors (Lipinski definition) is 1. The van der Waals surface area contributed by atoms with Crippen molar-refractivity contribution in [2.45, 2.75) is 51.1 Å². The molecular weight excluding hydrogens is 320 g/mol. The number of likely N-dealkylation sites (tertiary alicyclic amines) is 1. The molecule has 1 heterocycles. The smallest absolute Gasteiger partial charge is 0.253 e. The first-order chi connectivity index (χ1) is 12.7. The normalized spacial score (nSPS) is 20.7. The summed E-state index contributed by atoms with van der Waals surface area (Å²) in [6.45, 7) is 3.76. The Bertz CT molecular complexity index is 760. The summed E-state index contributed by atoms with van der Waals surface area (Å²) in [5, 5.41) is 3.87. The largest absolute Gasteiger partial charge is 0.339 e. The van der Waals surface area contributed by atoms with Crippen LogP contribution in [0.5, 0.6) is 0 Å². The van der Waals surface area contributed by atoms with Gasteiger partial charge in [-0.2, -0.15) is 0 Å². The number of rotatable bonds is 3. The first-order valence-corrected chi connectivity index (χ1v) is 9.88. The van der Waals surface area contributed by atoms with Gasteiger partial charge in [0.2, 0.25) is 0 Å². The van der Waals surface area contributed by atoms with Crippen molar-refractivity contribution in [2.75, 3.05) is 13.1 Å². The Labute approximate surface area is 156 Å². The molecule has 26 heavy (non-hydrogen) atoms. The number of amides is 1. The molecule has 1 saturated heterocycles. The molecule has 0 bridgehead atoms. The average molecular weight is 348 g/mol. The number of nitrogens with zero attached hydrogens (tertiary/aromatic N) is 1. The SMILES string of the molecule is Cc1ccc(C(=O)N2CCC(N[C@H]3CCc4ccccc4C3)CC2)cc1. The maximum atomic E-state index is 12.7. The highest BCUT2D eigenvalue weighted by atomic mass is 16.2. The summed E-state index contributed by atoms with van der Waals surface area (Å²) in [5.74, 6) is 0.176. The first kappa shape index (κ1) is 17.3. The maximum absolute atomic E-state index is 12.7. The van der Waals surface area contributed by atoms with Crippen LogP contribution in [0.25, 0.3) is 0 Å². The average Bonchev–Trinajstić information content (AvgIpc) is 2.68. The number of piperidine rings is 1. The molecule has 0 saturated carbocycles. The van der Waals surface area contributed by atoms with Crippen molar-refractivity contribution in [2.24, 2.45) is 0 Å². The summed E-state index contributed by atoms with van der Waals surface area (Å²) in [6, 6.07) is 17.9. The van der Waals surface area contributed by atoms with E-state index in [2.05, 4.69) is 36.5 Å². The van der Waals surface area contributed by atoms with Crippen molar-refractivity contribution in [1.29, 1.82) is 0 Å². The Balaban J connectivity index is 1.29. The summed E-state index contributed by atoms with van der Waals surface area (Å²) < 4.78 is 0. The van der Waals surface area contributed by atoms with Gasteiger partial charge >= 0.3 is 0 Å². The van der Waals surface area contributed by atoms with Crippen LogP contribution in [0, 0.1) is 6.92 Å². The van der Waals surface area contributed by atoms with Crippen LogP contribution in [0.15, 0.2) is 48.5 Å². The van der Waals surface area contributed by atoms with Gasteiger partial charge in [0.1, 0.15) is 0 Å². The van der Waals surface area contributed by atoms with Gasteiger partial charge < -0.3 is 10.2 Å². The minimum absolute atomic E-state index is 0.176. The van der Waals surface area contributed by atoms with Crippen LogP contribution < -0.4 is 5.32 Å². The molecule has 1 fully saturated rings. The molecule has 0 radical (unpaired) electrons. The maximum Gasteiger partial charge on any atom is 0.253 e. The zero-order valence-electron chi connectivity index (χ0n) is 15.6. The van der Waals surface area contributed by atoms with E-state index >= 15 is 0 Å². The monoisotopic (exact) mass is 348 g/mol. The first-order valence-electron chi connectivity index (χ1n) is 9.88. The topological polar surface area (TPSA) is 32.3 Å². The number of fused-ring (bicyclic) bond motifs is 1. The third-order valence-corrected chi connectivity index (χ3v) is 5.90. The van der Waals surface area contributed by atoms with Crippen molar-refractivity contribution >= 4 is 5.91 Å². The molecule has 1 N–H and O–H groups in total. The van der Waals surface area contributed by atoms with Gasteiger partial charge in [0.25, 0.3) is 5.91 Å². The van der Waals surface area contributed by atoms with Gasteiger partial charge in [-0.15, -0.1) is 0 Å². The van der Waals surface area contributed by atoms with E-state index in [-0.39, 0.29) is 5.91 Å². The van der Waals surface area contributed by atoms with Crippen LogP contribution in [0.3, 0.4) is 0 Å². The molecule has 0 unspecified atom stereocenters. The van der Waals surface area contributed by atoms with Crippen molar-refractivity contribution in [3.63, 3.8) is 0 Å². The molecule has 2 aromatic rings. The second kappa shape index (κ2) is 7.63. The van der Waals surface area contributed by atoms with E-state index in [4.69, 9.17) is 0 Å². The Morgan fingerprint density at radius 1 is 0.923 bits per heavy atom. The third-order valence-electron chi connectivity index (χ3n) is 5.90. The molecule has 0 spiro atoms. The van der Waals surface area contributed by atoms with E-state index in [1.54, 1.807) is 0 Å². The van der Waals surface area contributed by atoms with Gasteiger partial charge in [-0.3, -0.25) is 4.79 Å². The number of carbonyl (C=O) groups is 1. The van der Waals surface area contributed by atoms with Gasteiger partial charge in [-0.05, 0) is 62.3 Å². The standard InChI is InChI=1S/C23H28N2O/c1-17-6-8-19(9-7-17)23(26)25-14-12-21(13-15-25)24-22-11-10-18-4-2-3-5-20(18)16-22/h2-9,21-22,24H,10-16H2,1H3/t22-/m0/s1. The molecule has 4 rings (SSSR count). The highest BCUT2D eigenvalue weighted by molar-refractivity contribution is 5.94. The second-order valence-corrected chi connectivity index (χ2v) is 7.81. The summed E-state index contributed by atoms with van der Waals surface area (Å²) in [5.41, 5.74) is 5.02. The lowest BCUT2D eigenvalue weighted by Gasteiger charge is -2.36. The lowest BCUT2D eigenvalue weighted by molar-refractivity contribution is 0.0701. The van der Waals surface area contributed by atoms with E-state index < -0.39 is 0 Å². The number of hydrogen-bond acceptors (Lipinski definition) is 2. The van der Waals surface area contributed by atoms with Crippen LogP contribution >= 0.6 is 0 Å². The molecule has 136 valence electrons. The van der Waals surface area contributed by atoms with Gasteiger partial charge in [0, 0.05) is 30.7 Å². The number of aryl methyl sites for hydroxylation is 2. The van der Waals surface area contributed by atoms with Crippen molar-refractivity contribution in [3.8, 4) is 0 Å². The highest BCUT2D eigenvalue weighted by Crippen LogP contribution is 2.23. The summed E-state index contributed by atoms with van der Waals surface area (Å²) >= 11 is 0. The van der Waals surface area contributed by atoms with Gasteiger partial charge in [0.05, 0.1) is 0 Å². The molecule has 3 heteroatoms. The van der Waals surface area contributed by atoms with E-state index in [9.17, 15) is 4.79 Å². The molecule has 2 aromatic carbocycles. The fourth-order valence-electron chi connectivity index (χ4n) is 4.30. The van der Waals surface area contributed by atoms with E-state index in [0.717, 1.165) is 37.9 Å². The van der Waals surface area contributed by atoms with Crippen LogP contribution in [-0.4, -0.2) is 36.0 Å². The van der Waals surface area contributed by atoms with Crippen LogP contribution in [-0.2, 0) is 12.8 Å². The van der Waals surface area contributed by atoms with Crippen molar-refractivity contribution < 1.29 is 4.79 Å². The molecule has 3 nitrogen and oxygen atoms in total. The summed E-state index contributed by atoms with van der Waals surface area (Å²) in [6.07, 6.45) is 5.64. The number of carbonyl (C=O) groups excluding carboxylic acids is 1. The fraction of sp³-hybridized carbons (Fsp3) is 0.435. The Hall–Kier alpha value is -2.13. The minimum atomic E-state index is 0.176.